The van der Waals surface area contributed by atoms with Gasteiger partial charge in [0.1, 0.15) is 0 Å². The van der Waals surface area contributed by atoms with E-state index in [1.165, 1.54) is 25.7 Å². The topological polar surface area (TPSA) is 66.7 Å². The maximum Gasteiger partial charge on any atom is 0.292 e. The average Bonchev–Trinajstić information content (AvgIpc) is 3.18. The summed E-state index contributed by atoms with van der Waals surface area (Å²) in [5, 5.41) is 3.75. The first-order valence-corrected chi connectivity index (χ1v) is 8.14. The molecule has 0 N–H and O–H groups in total. The van der Waals surface area contributed by atoms with Crippen molar-refractivity contribution in [2.24, 2.45) is 5.92 Å². The first-order chi connectivity index (χ1) is 10.6. The summed E-state index contributed by atoms with van der Waals surface area (Å²) in [4.78, 5) is 28.2. The monoisotopic (exact) mass is 305 g/mol. The highest BCUT2D eigenvalue weighted by Gasteiger charge is 2.28. The summed E-state index contributed by atoms with van der Waals surface area (Å²) in [7, 11) is 0. The van der Waals surface area contributed by atoms with Crippen LogP contribution in [0.3, 0.4) is 0 Å². The van der Waals surface area contributed by atoms with E-state index in [4.69, 9.17) is 4.52 Å². The Morgan fingerprint density at radius 3 is 2.41 bits per heavy atom. The fraction of sp³-hybridized carbons (Fsp3) is 0.688. The molecule has 1 saturated heterocycles. The minimum atomic E-state index is -0.136. The third kappa shape index (κ3) is 3.31. The number of hydrogen-bond donors (Lipinski definition) is 0. The van der Waals surface area contributed by atoms with Crippen molar-refractivity contribution in [2.75, 3.05) is 26.2 Å². The van der Waals surface area contributed by atoms with Crippen LogP contribution < -0.4 is 0 Å². The molecule has 6 nitrogen and oxygen atoms in total. The van der Waals surface area contributed by atoms with Crippen molar-refractivity contribution >= 4 is 11.8 Å². The Morgan fingerprint density at radius 2 is 1.82 bits per heavy atom. The fourth-order valence-corrected chi connectivity index (χ4v) is 3.37. The van der Waals surface area contributed by atoms with Crippen LogP contribution in [0.25, 0.3) is 0 Å². The van der Waals surface area contributed by atoms with Crippen molar-refractivity contribution < 1.29 is 14.1 Å². The molecule has 1 aliphatic carbocycles. The molecule has 3 rings (SSSR count). The molecule has 22 heavy (non-hydrogen) atoms. The van der Waals surface area contributed by atoms with Gasteiger partial charge in [-0.05, 0) is 25.7 Å². The van der Waals surface area contributed by atoms with Crippen LogP contribution in [-0.4, -0.2) is 52.9 Å². The molecule has 2 aliphatic rings. The van der Waals surface area contributed by atoms with Crippen LogP contribution >= 0.6 is 0 Å². The minimum Gasteiger partial charge on any atom is -0.351 e. The third-order valence-electron chi connectivity index (χ3n) is 4.70. The molecule has 120 valence electrons. The van der Waals surface area contributed by atoms with Crippen molar-refractivity contribution in [3.8, 4) is 0 Å². The van der Waals surface area contributed by atoms with Gasteiger partial charge in [-0.25, -0.2) is 0 Å². The Morgan fingerprint density at radius 1 is 1.18 bits per heavy atom. The molecule has 2 heterocycles. The lowest BCUT2D eigenvalue weighted by molar-refractivity contribution is -0.133. The highest BCUT2D eigenvalue weighted by Crippen LogP contribution is 2.28. The van der Waals surface area contributed by atoms with Crippen molar-refractivity contribution in [1.82, 2.24) is 15.0 Å². The third-order valence-corrected chi connectivity index (χ3v) is 4.70. The molecule has 1 saturated carbocycles. The van der Waals surface area contributed by atoms with Gasteiger partial charge in [0, 0.05) is 38.7 Å². The van der Waals surface area contributed by atoms with E-state index in [1.54, 1.807) is 17.9 Å². The summed E-state index contributed by atoms with van der Waals surface area (Å²) in [5.74, 6) is 0.963. The predicted molar refractivity (Wildman–Crippen MR) is 80.3 cm³/mol. The zero-order chi connectivity index (χ0) is 15.5. The van der Waals surface area contributed by atoms with Gasteiger partial charge in [-0.3, -0.25) is 9.59 Å². The Bertz CT molecular complexity index is 541. The zero-order valence-corrected chi connectivity index (χ0v) is 13.1. The highest BCUT2D eigenvalue weighted by atomic mass is 16.5. The van der Waals surface area contributed by atoms with Gasteiger partial charge in [0.05, 0.1) is 5.69 Å². The molecule has 0 atom stereocenters. The van der Waals surface area contributed by atoms with Crippen molar-refractivity contribution in [2.45, 2.75) is 39.0 Å². The van der Waals surface area contributed by atoms with E-state index in [1.807, 2.05) is 4.90 Å². The van der Waals surface area contributed by atoms with Gasteiger partial charge in [0.2, 0.25) is 11.7 Å². The Kier molecular flexibility index (Phi) is 4.45. The SMILES string of the molecule is Cc1cc(C(=O)N2CCN(C(=O)CC3CCCC3)CC2)on1. The summed E-state index contributed by atoms with van der Waals surface area (Å²) in [5.41, 5.74) is 0.703. The predicted octanol–water partition coefficient (Wildman–Crippen LogP) is 1.85. The molecular formula is C16H23N3O3. The quantitative estimate of drug-likeness (QED) is 0.854. The van der Waals surface area contributed by atoms with Gasteiger partial charge in [-0.1, -0.05) is 18.0 Å². The molecule has 1 aliphatic heterocycles. The fourth-order valence-electron chi connectivity index (χ4n) is 3.37. The van der Waals surface area contributed by atoms with Crippen LogP contribution in [0, 0.1) is 12.8 Å². The summed E-state index contributed by atoms with van der Waals surface area (Å²) in [6.45, 7) is 4.15. The second-order valence-corrected chi connectivity index (χ2v) is 6.36. The van der Waals surface area contributed by atoms with Gasteiger partial charge >= 0.3 is 0 Å². The van der Waals surface area contributed by atoms with E-state index < -0.39 is 0 Å². The molecule has 2 fully saturated rings. The molecule has 1 aromatic heterocycles. The molecule has 6 heteroatoms. The molecular weight excluding hydrogens is 282 g/mol. The summed E-state index contributed by atoms with van der Waals surface area (Å²) in [6, 6.07) is 1.65. The van der Waals surface area contributed by atoms with Crippen LogP contribution in [0.5, 0.6) is 0 Å². The van der Waals surface area contributed by atoms with Crippen LogP contribution in [0.15, 0.2) is 10.6 Å². The molecule has 1 aromatic rings. The van der Waals surface area contributed by atoms with Crippen LogP contribution in [0.1, 0.15) is 48.4 Å². The van der Waals surface area contributed by atoms with Crippen molar-refractivity contribution in [1.29, 1.82) is 0 Å². The molecule has 0 radical (unpaired) electrons. The lowest BCUT2D eigenvalue weighted by Crippen LogP contribution is -2.50. The van der Waals surface area contributed by atoms with E-state index in [0.29, 0.717) is 44.2 Å². The number of nitrogens with zero attached hydrogens (tertiary/aromatic N) is 3. The number of amides is 2. The minimum absolute atomic E-state index is 0.136. The van der Waals surface area contributed by atoms with E-state index in [9.17, 15) is 9.59 Å². The van der Waals surface area contributed by atoms with Gasteiger partial charge in [-0.2, -0.15) is 0 Å². The largest absolute Gasteiger partial charge is 0.351 e. The number of piperazine rings is 1. The van der Waals surface area contributed by atoms with Crippen LogP contribution in [0.2, 0.25) is 0 Å². The van der Waals surface area contributed by atoms with Crippen molar-refractivity contribution in [3.05, 3.63) is 17.5 Å². The Hall–Kier alpha value is -1.85. The number of carbonyl (C=O) groups is 2. The maximum atomic E-state index is 12.3. The summed E-state index contributed by atoms with van der Waals surface area (Å²) in [6.07, 6.45) is 5.58. The molecule has 0 unspecified atom stereocenters. The van der Waals surface area contributed by atoms with Crippen LogP contribution in [0.4, 0.5) is 0 Å². The Labute approximate surface area is 130 Å². The van der Waals surface area contributed by atoms with Crippen molar-refractivity contribution in [3.63, 3.8) is 0 Å². The lowest BCUT2D eigenvalue weighted by Gasteiger charge is -2.34. The number of hydrogen-bond acceptors (Lipinski definition) is 4. The maximum absolute atomic E-state index is 12.3. The standard InChI is InChI=1S/C16H23N3O3/c1-12-10-14(22-17-12)16(21)19-8-6-18(7-9-19)15(20)11-13-4-2-3-5-13/h10,13H,2-9,11H2,1H3. The molecule has 0 spiro atoms. The van der Waals surface area contributed by atoms with E-state index in [0.717, 1.165) is 0 Å². The normalized spacial score (nSPS) is 19.7. The number of rotatable bonds is 3. The molecule has 0 aromatic carbocycles. The molecule has 0 bridgehead atoms. The van der Waals surface area contributed by atoms with E-state index >= 15 is 0 Å². The smallest absolute Gasteiger partial charge is 0.292 e. The van der Waals surface area contributed by atoms with Crippen LogP contribution in [-0.2, 0) is 4.79 Å². The van der Waals surface area contributed by atoms with E-state index in [2.05, 4.69) is 5.16 Å². The first kappa shape index (κ1) is 15.1. The summed E-state index contributed by atoms with van der Waals surface area (Å²) < 4.78 is 5.02. The second-order valence-electron chi connectivity index (χ2n) is 6.36. The second kappa shape index (κ2) is 6.50. The van der Waals surface area contributed by atoms with Gasteiger partial charge in [0.15, 0.2) is 0 Å². The van der Waals surface area contributed by atoms with Gasteiger partial charge in [0.25, 0.3) is 5.91 Å². The number of carbonyl (C=O) groups excluding carboxylic acids is 2. The van der Waals surface area contributed by atoms with E-state index in [-0.39, 0.29) is 17.6 Å². The average molecular weight is 305 g/mol. The lowest BCUT2D eigenvalue weighted by atomic mass is 10.0. The number of aryl methyl sites for hydroxylation is 1. The van der Waals surface area contributed by atoms with Gasteiger partial charge < -0.3 is 14.3 Å². The number of aromatic nitrogens is 1. The first-order valence-electron chi connectivity index (χ1n) is 8.14. The van der Waals surface area contributed by atoms with Gasteiger partial charge in [-0.15, -0.1) is 0 Å². The molecule has 2 amide bonds. The zero-order valence-electron chi connectivity index (χ0n) is 13.1. The Balaban J connectivity index is 1.49. The summed E-state index contributed by atoms with van der Waals surface area (Å²) >= 11 is 0. The highest BCUT2D eigenvalue weighted by molar-refractivity contribution is 5.91.